The number of hydrazone groups is 1. The number of pyridine rings is 1. The third kappa shape index (κ3) is 5.15. The zero-order valence-electron chi connectivity index (χ0n) is 14.0. The summed E-state index contributed by atoms with van der Waals surface area (Å²) in [5.41, 5.74) is 5.05. The van der Waals surface area contributed by atoms with E-state index in [0.717, 1.165) is 17.1 Å². The van der Waals surface area contributed by atoms with Crippen molar-refractivity contribution < 1.29 is 4.79 Å². The van der Waals surface area contributed by atoms with E-state index in [9.17, 15) is 4.79 Å². The average Bonchev–Trinajstić information content (AvgIpc) is 3.14. The van der Waals surface area contributed by atoms with Gasteiger partial charge in [-0.05, 0) is 31.2 Å². The molecule has 0 spiro atoms. The van der Waals surface area contributed by atoms with E-state index in [4.69, 9.17) is 0 Å². The number of carbonyl (C=O) groups excluding carboxylic acids is 1. The molecule has 9 heteroatoms. The molecule has 0 saturated heterocycles. The fourth-order valence-electron chi connectivity index (χ4n) is 1.98. The minimum absolute atomic E-state index is 0.121. The van der Waals surface area contributed by atoms with Gasteiger partial charge in [0.25, 0.3) is 0 Å². The molecule has 2 aromatic heterocycles. The summed E-state index contributed by atoms with van der Waals surface area (Å²) >= 11 is 1.23. The maximum Gasteiger partial charge on any atom is 0.240 e. The molecule has 8 nitrogen and oxygen atoms in total. The zero-order valence-corrected chi connectivity index (χ0v) is 14.8. The Labute approximate surface area is 154 Å². The second-order valence-electron chi connectivity index (χ2n) is 5.19. The van der Waals surface area contributed by atoms with Crippen LogP contribution in [0.15, 0.2) is 65.0 Å². The molecule has 3 rings (SSSR count). The van der Waals surface area contributed by atoms with Crippen LogP contribution in [0.5, 0.6) is 0 Å². The fourth-order valence-corrected chi connectivity index (χ4v) is 2.58. The van der Waals surface area contributed by atoms with Gasteiger partial charge in [-0.1, -0.05) is 36.0 Å². The molecule has 0 saturated carbocycles. The topological polar surface area (TPSA) is 108 Å². The molecule has 3 aromatic rings. The number of H-pyrrole nitrogens is 1. The number of rotatable bonds is 7. The number of aromatic nitrogens is 4. The van der Waals surface area contributed by atoms with Gasteiger partial charge < -0.3 is 5.32 Å². The molecule has 0 fully saturated rings. The van der Waals surface area contributed by atoms with E-state index in [1.165, 1.54) is 11.8 Å². The van der Waals surface area contributed by atoms with Gasteiger partial charge in [-0.2, -0.15) is 10.1 Å². The van der Waals surface area contributed by atoms with Crippen LogP contribution in [-0.4, -0.2) is 37.5 Å². The predicted molar refractivity (Wildman–Crippen MR) is 102 cm³/mol. The third-order valence-corrected chi connectivity index (χ3v) is 4.07. The van der Waals surface area contributed by atoms with Crippen molar-refractivity contribution in [2.75, 3.05) is 16.5 Å². The monoisotopic (exact) mass is 367 g/mol. The van der Waals surface area contributed by atoms with E-state index in [2.05, 4.69) is 36.0 Å². The third-order valence-electron chi connectivity index (χ3n) is 3.22. The van der Waals surface area contributed by atoms with Crippen molar-refractivity contribution in [2.45, 2.75) is 12.1 Å². The summed E-state index contributed by atoms with van der Waals surface area (Å²) in [6.45, 7) is 1.84. The number of carbonyl (C=O) groups is 1. The summed E-state index contributed by atoms with van der Waals surface area (Å²) in [7, 11) is 0. The molecule has 0 unspecified atom stereocenters. The molecule has 0 aliphatic heterocycles. The summed E-state index contributed by atoms with van der Waals surface area (Å²) in [6, 6.07) is 14.9. The SMILES string of the molecule is C/C(=N\Nc1nc(SCC(=O)Nc2ccccc2)n[nH]1)c1ccccn1. The maximum absolute atomic E-state index is 11.9. The predicted octanol–water partition coefficient (Wildman–Crippen LogP) is 2.77. The Balaban J connectivity index is 1.49. The maximum atomic E-state index is 11.9. The van der Waals surface area contributed by atoms with Gasteiger partial charge >= 0.3 is 0 Å². The number of benzene rings is 1. The Kier molecular flexibility index (Phi) is 5.94. The summed E-state index contributed by atoms with van der Waals surface area (Å²) in [4.78, 5) is 20.4. The number of anilines is 2. The minimum atomic E-state index is -0.121. The Morgan fingerprint density at radius 1 is 1.19 bits per heavy atom. The minimum Gasteiger partial charge on any atom is -0.325 e. The van der Waals surface area contributed by atoms with E-state index in [-0.39, 0.29) is 11.7 Å². The van der Waals surface area contributed by atoms with Gasteiger partial charge in [-0.15, -0.1) is 5.10 Å². The van der Waals surface area contributed by atoms with Gasteiger partial charge in [0.05, 0.1) is 17.2 Å². The molecule has 132 valence electrons. The molecule has 26 heavy (non-hydrogen) atoms. The van der Waals surface area contributed by atoms with Crippen LogP contribution >= 0.6 is 11.8 Å². The van der Waals surface area contributed by atoms with Crippen molar-refractivity contribution in [3.8, 4) is 0 Å². The molecule has 3 N–H and O–H groups in total. The molecule has 0 bridgehead atoms. The lowest BCUT2D eigenvalue weighted by Gasteiger charge is -2.02. The molecule has 2 heterocycles. The van der Waals surface area contributed by atoms with Gasteiger partial charge in [0.1, 0.15) is 0 Å². The van der Waals surface area contributed by atoms with Crippen LogP contribution in [0.1, 0.15) is 12.6 Å². The number of nitrogens with zero attached hydrogens (tertiary/aromatic N) is 4. The van der Waals surface area contributed by atoms with Gasteiger partial charge in [0.2, 0.25) is 17.0 Å². The second-order valence-corrected chi connectivity index (χ2v) is 6.14. The van der Waals surface area contributed by atoms with Gasteiger partial charge in [0.15, 0.2) is 0 Å². The number of amides is 1. The first kappa shape index (κ1) is 17.6. The highest BCUT2D eigenvalue weighted by molar-refractivity contribution is 7.99. The first-order valence-electron chi connectivity index (χ1n) is 7.82. The quantitative estimate of drug-likeness (QED) is 0.337. The Hall–Kier alpha value is -3.20. The van der Waals surface area contributed by atoms with Gasteiger partial charge in [-0.25, -0.2) is 10.5 Å². The number of aromatic amines is 1. The summed E-state index contributed by atoms with van der Waals surface area (Å²) in [6.07, 6.45) is 1.71. The molecule has 1 aromatic carbocycles. The molecule has 0 aliphatic rings. The lowest BCUT2D eigenvalue weighted by molar-refractivity contribution is -0.113. The van der Waals surface area contributed by atoms with Crippen LogP contribution in [-0.2, 0) is 4.79 Å². The lowest BCUT2D eigenvalue weighted by atomic mass is 10.3. The molecular formula is C17H17N7OS. The van der Waals surface area contributed by atoms with E-state index < -0.39 is 0 Å². The highest BCUT2D eigenvalue weighted by Crippen LogP contribution is 2.15. The Morgan fingerprint density at radius 2 is 2.00 bits per heavy atom. The largest absolute Gasteiger partial charge is 0.325 e. The summed E-state index contributed by atoms with van der Waals surface area (Å²) in [5.74, 6) is 0.485. The van der Waals surface area contributed by atoms with Crippen molar-refractivity contribution in [1.29, 1.82) is 0 Å². The van der Waals surface area contributed by atoms with Gasteiger partial charge in [0, 0.05) is 11.9 Å². The number of thioether (sulfide) groups is 1. The molecule has 1 amide bonds. The average molecular weight is 367 g/mol. The molecule has 0 aliphatic carbocycles. The van der Waals surface area contributed by atoms with Crippen molar-refractivity contribution in [1.82, 2.24) is 20.2 Å². The fraction of sp³-hybridized carbons (Fsp3) is 0.118. The number of nitrogens with one attached hydrogen (secondary N) is 3. The highest BCUT2D eigenvalue weighted by atomic mass is 32.2. The van der Waals surface area contributed by atoms with Crippen LogP contribution in [0.4, 0.5) is 11.6 Å². The number of para-hydroxylation sites is 1. The van der Waals surface area contributed by atoms with Crippen LogP contribution in [0.3, 0.4) is 0 Å². The van der Waals surface area contributed by atoms with Crippen molar-refractivity contribution in [3.63, 3.8) is 0 Å². The van der Waals surface area contributed by atoms with Crippen molar-refractivity contribution >= 4 is 35.0 Å². The van der Waals surface area contributed by atoms with E-state index in [1.807, 2.05) is 55.5 Å². The van der Waals surface area contributed by atoms with Crippen molar-refractivity contribution in [2.24, 2.45) is 5.10 Å². The Bertz CT molecular complexity index is 880. The van der Waals surface area contributed by atoms with Crippen LogP contribution in [0.2, 0.25) is 0 Å². The lowest BCUT2D eigenvalue weighted by Crippen LogP contribution is -2.13. The molecular weight excluding hydrogens is 350 g/mol. The Morgan fingerprint density at radius 3 is 2.77 bits per heavy atom. The van der Waals surface area contributed by atoms with Crippen molar-refractivity contribution in [3.05, 3.63) is 60.4 Å². The first-order chi connectivity index (χ1) is 12.7. The molecule has 0 radical (unpaired) electrons. The normalized spacial score (nSPS) is 11.2. The zero-order chi connectivity index (χ0) is 18.2. The van der Waals surface area contributed by atoms with Gasteiger partial charge in [-0.3, -0.25) is 9.78 Å². The standard InChI is InChI=1S/C17H17N7OS/c1-12(14-9-5-6-10-18-14)21-22-16-20-17(24-23-16)26-11-15(25)19-13-7-3-2-4-8-13/h2-10H,11H2,1H3,(H,19,25)(H2,20,22,23,24)/b21-12+. The van der Waals surface area contributed by atoms with E-state index >= 15 is 0 Å². The summed E-state index contributed by atoms with van der Waals surface area (Å²) < 4.78 is 0. The highest BCUT2D eigenvalue weighted by Gasteiger charge is 2.08. The number of hydrogen-bond acceptors (Lipinski definition) is 7. The van der Waals surface area contributed by atoms with Crippen LogP contribution in [0.25, 0.3) is 0 Å². The first-order valence-corrected chi connectivity index (χ1v) is 8.81. The van der Waals surface area contributed by atoms with E-state index in [1.54, 1.807) is 6.20 Å². The smallest absolute Gasteiger partial charge is 0.240 e. The summed E-state index contributed by atoms with van der Waals surface area (Å²) in [5, 5.41) is 14.3. The molecule has 0 atom stereocenters. The van der Waals surface area contributed by atoms with E-state index in [0.29, 0.717) is 11.1 Å². The van der Waals surface area contributed by atoms with Crippen LogP contribution in [0, 0.1) is 0 Å². The number of hydrogen-bond donors (Lipinski definition) is 3. The second kappa shape index (κ2) is 8.77. The van der Waals surface area contributed by atoms with Crippen LogP contribution < -0.4 is 10.7 Å².